The average molecular weight is 404 g/mol. The van der Waals surface area contributed by atoms with Crippen molar-refractivity contribution in [2.75, 3.05) is 0 Å². The van der Waals surface area contributed by atoms with E-state index >= 15 is 0 Å². The van der Waals surface area contributed by atoms with Crippen LogP contribution in [0, 0.1) is 0 Å². The third-order valence-corrected chi connectivity index (χ3v) is 5.64. The van der Waals surface area contributed by atoms with Gasteiger partial charge in [-0.15, -0.1) is 0 Å². The predicted octanol–water partition coefficient (Wildman–Crippen LogP) is 3.50. The highest BCUT2D eigenvalue weighted by Gasteiger charge is 2.15. The number of benzene rings is 2. The smallest absolute Gasteiger partial charge is 0.238 e. The van der Waals surface area contributed by atoms with E-state index in [1.807, 2.05) is 55.0 Å². The summed E-state index contributed by atoms with van der Waals surface area (Å²) in [7, 11) is -3.68. The average Bonchev–Trinajstić information content (AvgIpc) is 3.17. The number of pyridine rings is 1. The highest BCUT2D eigenvalue weighted by Crippen LogP contribution is 2.30. The van der Waals surface area contributed by atoms with Gasteiger partial charge < -0.3 is 4.57 Å². The molecule has 0 atom stereocenters. The van der Waals surface area contributed by atoms with Crippen molar-refractivity contribution in [3.63, 3.8) is 0 Å². The predicted molar refractivity (Wildman–Crippen MR) is 112 cm³/mol. The molecule has 4 aromatic rings. The topological polar surface area (TPSA) is 90.9 Å². The summed E-state index contributed by atoms with van der Waals surface area (Å²) in [4.78, 5) is 9.04. The van der Waals surface area contributed by atoms with Gasteiger partial charge in [-0.25, -0.2) is 18.5 Å². The second kappa shape index (κ2) is 7.98. The van der Waals surface area contributed by atoms with Crippen molar-refractivity contribution in [1.29, 1.82) is 0 Å². The molecule has 0 amide bonds. The van der Waals surface area contributed by atoms with Crippen molar-refractivity contribution in [3.8, 4) is 22.5 Å². The third kappa shape index (κ3) is 4.26. The molecule has 2 aromatic carbocycles. The summed E-state index contributed by atoms with van der Waals surface area (Å²) in [6, 6.07) is 20.6. The monoisotopic (exact) mass is 404 g/mol. The number of aryl methyl sites for hydroxylation is 2. The molecule has 0 bridgehead atoms. The van der Waals surface area contributed by atoms with E-state index in [-0.39, 0.29) is 4.90 Å². The molecule has 2 aromatic heterocycles. The lowest BCUT2D eigenvalue weighted by Gasteiger charge is -2.11. The fourth-order valence-corrected chi connectivity index (χ4v) is 3.78. The summed E-state index contributed by atoms with van der Waals surface area (Å²) in [5, 5.41) is 5.17. The van der Waals surface area contributed by atoms with E-state index in [4.69, 9.17) is 5.14 Å². The molecule has 0 spiro atoms. The van der Waals surface area contributed by atoms with Crippen LogP contribution in [0.1, 0.15) is 5.56 Å². The van der Waals surface area contributed by atoms with Crippen LogP contribution in [0.25, 0.3) is 22.5 Å². The second-order valence-corrected chi connectivity index (χ2v) is 8.24. The summed E-state index contributed by atoms with van der Waals surface area (Å²) < 4.78 is 24.9. The first kappa shape index (κ1) is 19.0. The summed E-state index contributed by atoms with van der Waals surface area (Å²) in [5.74, 6) is 0. The van der Waals surface area contributed by atoms with Crippen LogP contribution < -0.4 is 5.14 Å². The number of sulfonamides is 1. The van der Waals surface area contributed by atoms with Crippen molar-refractivity contribution < 1.29 is 8.42 Å². The van der Waals surface area contributed by atoms with Gasteiger partial charge in [0.2, 0.25) is 10.0 Å². The van der Waals surface area contributed by atoms with E-state index in [0.717, 1.165) is 34.5 Å². The van der Waals surface area contributed by atoms with Crippen LogP contribution in [0.4, 0.5) is 0 Å². The van der Waals surface area contributed by atoms with Crippen LogP contribution in [0.3, 0.4) is 0 Å². The van der Waals surface area contributed by atoms with Crippen LogP contribution in [0.5, 0.6) is 0 Å². The summed E-state index contributed by atoms with van der Waals surface area (Å²) in [5.41, 5.74) is 4.97. The molecule has 0 saturated carbocycles. The van der Waals surface area contributed by atoms with Crippen molar-refractivity contribution >= 4 is 10.0 Å². The largest absolute Gasteiger partial charge is 0.330 e. The number of hydrogen-bond donors (Lipinski definition) is 1. The fraction of sp³-hybridized carbons (Fsp3) is 0.0909. The molecule has 29 heavy (non-hydrogen) atoms. The minimum absolute atomic E-state index is 0.117. The van der Waals surface area contributed by atoms with Crippen LogP contribution >= 0.6 is 0 Å². The number of nitrogens with zero attached hydrogens (tertiary/aromatic N) is 3. The van der Waals surface area contributed by atoms with Crippen molar-refractivity contribution in [3.05, 3.63) is 91.0 Å². The van der Waals surface area contributed by atoms with Gasteiger partial charge in [0.25, 0.3) is 0 Å². The first-order chi connectivity index (χ1) is 14.0. The summed E-state index contributed by atoms with van der Waals surface area (Å²) >= 11 is 0. The normalized spacial score (nSPS) is 11.5. The highest BCUT2D eigenvalue weighted by atomic mass is 32.2. The van der Waals surface area contributed by atoms with Gasteiger partial charge in [-0.05, 0) is 36.2 Å². The molecular weight excluding hydrogens is 384 g/mol. The van der Waals surface area contributed by atoms with Crippen molar-refractivity contribution in [1.82, 2.24) is 14.5 Å². The van der Waals surface area contributed by atoms with Gasteiger partial charge >= 0.3 is 0 Å². The molecule has 0 fully saturated rings. The SMILES string of the molecule is NS(=O)(=O)c1ccc(CCn2cnc(-c3ccccc3)c2-c2cccnc2)cc1. The first-order valence-electron chi connectivity index (χ1n) is 9.15. The lowest BCUT2D eigenvalue weighted by molar-refractivity contribution is 0.597. The molecule has 2 heterocycles. The van der Waals surface area contributed by atoms with Crippen molar-refractivity contribution in [2.45, 2.75) is 17.9 Å². The second-order valence-electron chi connectivity index (χ2n) is 6.68. The Kier molecular flexibility index (Phi) is 5.24. The van der Waals surface area contributed by atoms with Crippen LogP contribution in [-0.4, -0.2) is 23.0 Å². The van der Waals surface area contributed by atoms with E-state index in [9.17, 15) is 8.42 Å². The Morgan fingerprint density at radius 1 is 0.897 bits per heavy atom. The Hall–Kier alpha value is -3.29. The van der Waals surface area contributed by atoms with Gasteiger partial charge in [-0.2, -0.15) is 0 Å². The lowest BCUT2D eigenvalue weighted by Crippen LogP contribution is -2.12. The highest BCUT2D eigenvalue weighted by molar-refractivity contribution is 7.89. The molecule has 0 aliphatic heterocycles. The molecule has 0 radical (unpaired) electrons. The molecule has 6 nitrogen and oxygen atoms in total. The van der Waals surface area contributed by atoms with E-state index in [1.165, 1.54) is 12.1 Å². The Labute approximate surface area is 169 Å². The number of primary sulfonamides is 1. The van der Waals surface area contributed by atoms with Crippen molar-refractivity contribution in [2.24, 2.45) is 5.14 Å². The molecule has 2 N–H and O–H groups in total. The summed E-state index contributed by atoms with van der Waals surface area (Å²) in [6.45, 7) is 0.693. The molecule has 0 aliphatic rings. The minimum Gasteiger partial charge on any atom is -0.330 e. The maximum atomic E-state index is 11.4. The lowest BCUT2D eigenvalue weighted by atomic mass is 10.1. The Bertz CT molecular complexity index is 1200. The van der Waals surface area contributed by atoms with E-state index in [1.54, 1.807) is 18.3 Å². The number of imidazole rings is 1. The quantitative estimate of drug-likeness (QED) is 0.532. The maximum absolute atomic E-state index is 11.4. The first-order valence-corrected chi connectivity index (χ1v) is 10.7. The molecule has 4 rings (SSSR count). The zero-order valence-corrected chi connectivity index (χ0v) is 16.5. The standard InChI is InChI=1S/C22H20N4O2S/c23-29(27,28)20-10-8-17(9-11-20)12-14-26-16-25-21(18-5-2-1-3-6-18)22(26)19-7-4-13-24-15-19/h1-11,13,15-16H,12,14H2,(H2,23,27,28). The van der Waals surface area contributed by atoms with Gasteiger partial charge in [-0.3, -0.25) is 4.98 Å². The summed E-state index contributed by atoms with van der Waals surface area (Å²) in [6.07, 6.45) is 6.15. The molecule has 146 valence electrons. The van der Waals surface area contributed by atoms with Gasteiger partial charge in [-0.1, -0.05) is 42.5 Å². The zero-order valence-electron chi connectivity index (χ0n) is 15.6. The Morgan fingerprint density at radius 2 is 1.62 bits per heavy atom. The molecule has 0 aliphatic carbocycles. The maximum Gasteiger partial charge on any atom is 0.238 e. The van der Waals surface area contributed by atoms with Crippen LogP contribution in [0.15, 0.2) is 90.3 Å². The number of aromatic nitrogens is 3. The van der Waals surface area contributed by atoms with E-state index < -0.39 is 10.0 Å². The number of rotatable bonds is 6. The Balaban J connectivity index is 1.65. The van der Waals surface area contributed by atoms with Gasteiger partial charge in [0, 0.05) is 30.1 Å². The van der Waals surface area contributed by atoms with Gasteiger partial charge in [0.1, 0.15) is 0 Å². The van der Waals surface area contributed by atoms with Crippen LogP contribution in [-0.2, 0) is 23.0 Å². The van der Waals surface area contributed by atoms with Gasteiger partial charge in [0.15, 0.2) is 0 Å². The third-order valence-electron chi connectivity index (χ3n) is 4.71. The molecule has 0 unspecified atom stereocenters. The molecular formula is C22H20N4O2S. The van der Waals surface area contributed by atoms with Crippen LogP contribution in [0.2, 0.25) is 0 Å². The fourth-order valence-electron chi connectivity index (χ4n) is 3.26. The Morgan fingerprint density at radius 3 is 2.28 bits per heavy atom. The number of hydrogen-bond acceptors (Lipinski definition) is 4. The minimum atomic E-state index is -3.68. The van der Waals surface area contributed by atoms with E-state index in [2.05, 4.69) is 14.5 Å². The molecule has 0 saturated heterocycles. The zero-order chi connectivity index (χ0) is 20.3. The molecule has 7 heteroatoms. The van der Waals surface area contributed by atoms with E-state index in [0.29, 0.717) is 6.54 Å². The van der Waals surface area contributed by atoms with Gasteiger partial charge in [0.05, 0.1) is 22.6 Å². The number of nitrogens with two attached hydrogens (primary N) is 1.